The van der Waals surface area contributed by atoms with E-state index in [2.05, 4.69) is 15.6 Å². The highest BCUT2D eigenvalue weighted by Gasteiger charge is 2.21. The lowest BCUT2D eigenvalue weighted by Crippen LogP contribution is -2.47. The minimum atomic E-state index is -0.417. The van der Waals surface area contributed by atoms with E-state index in [0.717, 1.165) is 12.8 Å². The largest absolute Gasteiger partial charge is 0.391 e. The van der Waals surface area contributed by atoms with Gasteiger partial charge in [0, 0.05) is 32.4 Å². The molecule has 1 saturated heterocycles. The maximum absolute atomic E-state index is 11.9. The van der Waals surface area contributed by atoms with Crippen LogP contribution in [0.25, 0.3) is 0 Å². The topological polar surface area (TPSA) is 77.5 Å². The van der Waals surface area contributed by atoms with Gasteiger partial charge in [0.2, 0.25) is 0 Å². The fraction of sp³-hybridized carbons (Fsp3) is 0.538. The number of halogens is 2. The standard InChI is InChI=1S/C13H18Cl2N4O2/c14-9-6-11(15)12(18-7-9)16-3-4-17-13(21)19-5-1-2-10(20)8-19/h6-7,10,20H,1-5,8H2,(H,16,18)(H,17,21). The number of nitrogens with one attached hydrogen (secondary N) is 2. The van der Waals surface area contributed by atoms with Gasteiger partial charge in [-0.05, 0) is 18.9 Å². The van der Waals surface area contributed by atoms with Crippen LogP contribution >= 0.6 is 23.2 Å². The van der Waals surface area contributed by atoms with Crippen LogP contribution in [0.15, 0.2) is 12.3 Å². The average Bonchev–Trinajstić information content (AvgIpc) is 2.45. The van der Waals surface area contributed by atoms with Gasteiger partial charge in [-0.1, -0.05) is 23.2 Å². The smallest absolute Gasteiger partial charge is 0.317 e. The SMILES string of the molecule is O=C(NCCNc1ncc(Cl)cc1Cl)N1CCCC(O)C1. The Morgan fingerprint density at radius 3 is 3.00 bits per heavy atom. The van der Waals surface area contributed by atoms with Crippen LogP contribution in [0.5, 0.6) is 0 Å². The molecular formula is C13H18Cl2N4O2. The van der Waals surface area contributed by atoms with Crippen molar-refractivity contribution in [1.82, 2.24) is 15.2 Å². The molecule has 1 aliphatic rings. The third kappa shape index (κ3) is 4.91. The molecule has 1 aromatic heterocycles. The monoisotopic (exact) mass is 332 g/mol. The third-order valence-corrected chi connectivity index (χ3v) is 3.68. The van der Waals surface area contributed by atoms with Gasteiger partial charge in [0.1, 0.15) is 5.82 Å². The van der Waals surface area contributed by atoms with Crippen molar-refractivity contribution in [2.75, 3.05) is 31.5 Å². The van der Waals surface area contributed by atoms with Crippen molar-refractivity contribution in [2.24, 2.45) is 0 Å². The zero-order valence-electron chi connectivity index (χ0n) is 11.5. The van der Waals surface area contributed by atoms with Crippen molar-refractivity contribution >= 4 is 35.1 Å². The number of rotatable bonds is 4. The minimum Gasteiger partial charge on any atom is -0.391 e. The summed E-state index contributed by atoms with van der Waals surface area (Å²) < 4.78 is 0. The first-order valence-electron chi connectivity index (χ1n) is 6.82. The normalized spacial score (nSPS) is 18.4. The zero-order valence-corrected chi connectivity index (χ0v) is 13.0. The molecule has 6 nitrogen and oxygen atoms in total. The van der Waals surface area contributed by atoms with E-state index in [1.165, 1.54) is 6.20 Å². The quantitative estimate of drug-likeness (QED) is 0.736. The van der Waals surface area contributed by atoms with Gasteiger partial charge in [-0.15, -0.1) is 0 Å². The number of carbonyl (C=O) groups is 1. The van der Waals surface area contributed by atoms with Gasteiger partial charge in [-0.2, -0.15) is 0 Å². The number of pyridine rings is 1. The van der Waals surface area contributed by atoms with Crippen molar-refractivity contribution in [2.45, 2.75) is 18.9 Å². The van der Waals surface area contributed by atoms with Crippen molar-refractivity contribution < 1.29 is 9.90 Å². The molecule has 0 aromatic carbocycles. The third-order valence-electron chi connectivity index (χ3n) is 3.19. The van der Waals surface area contributed by atoms with Crippen LogP contribution in [-0.4, -0.2) is 53.3 Å². The summed E-state index contributed by atoms with van der Waals surface area (Å²) in [5.41, 5.74) is 0. The van der Waals surface area contributed by atoms with E-state index in [9.17, 15) is 9.90 Å². The molecule has 2 heterocycles. The van der Waals surface area contributed by atoms with Crippen LogP contribution in [0.3, 0.4) is 0 Å². The molecule has 1 aliphatic heterocycles. The summed E-state index contributed by atoms with van der Waals surface area (Å²) in [5, 5.41) is 16.3. The Labute approximate surface area is 133 Å². The Bertz CT molecular complexity index is 501. The number of hydrogen-bond acceptors (Lipinski definition) is 4. The number of piperidine rings is 1. The molecule has 1 atom stereocenters. The molecule has 0 spiro atoms. The number of aliphatic hydroxyl groups is 1. The van der Waals surface area contributed by atoms with Crippen LogP contribution in [0.4, 0.5) is 10.6 Å². The molecular weight excluding hydrogens is 315 g/mol. The minimum absolute atomic E-state index is 0.161. The van der Waals surface area contributed by atoms with Crippen molar-refractivity contribution in [1.29, 1.82) is 0 Å². The molecule has 1 fully saturated rings. The van der Waals surface area contributed by atoms with Gasteiger partial charge in [0.25, 0.3) is 0 Å². The summed E-state index contributed by atoms with van der Waals surface area (Å²) in [6.45, 7) is 2.01. The van der Waals surface area contributed by atoms with Gasteiger partial charge in [0.15, 0.2) is 0 Å². The highest BCUT2D eigenvalue weighted by molar-refractivity contribution is 6.35. The second kappa shape index (κ2) is 7.68. The van der Waals surface area contributed by atoms with E-state index >= 15 is 0 Å². The van der Waals surface area contributed by atoms with E-state index in [-0.39, 0.29) is 6.03 Å². The van der Waals surface area contributed by atoms with E-state index in [1.54, 1.807) is 11.0 Å². The Hall–Kier alpha value is -1.24. The number of likely N-dealkylation sites (tertiary alicyclic amines) is 1. The summed E-state index contributed by atoms with van der Waals surface area (Å²) >= 11 is 11.7. The first-order valence-corrected chi connectivity index (χ1v) is 7.57. The molecule has 3 N–H and O–H groups in total. The number of amides is 2. The second-order valence-corrected chi connectivity index (χ2v) is 5.73. The number of aromatic nitrogens is 1. The van der Waals surface area contributed by atoms with E-state index < -0.39 is 6.10 Å². The Morgan fingerprint density at radius 1 is 1.48 bits per heavy atom. The Balaban J connectivity index is 1.70. The van der Waals surface area contributed by atoms with Gasteiger partial charge < -0.3 is 20.6 Å². The second-order valence-electron chi connectivity index (χ2n) is 4.88. The molecule has 2 amide bonds. The molecule has 8 heteroatoms. The van der Waals surface area contributed by atoms with Gasteiger partial charge in [0.05, 0.1) is 16.1 Å². The molecule has 0 radical (unpaired) electrons. The van der Waals surface area contributed by atoms with Gasteiger partial charge in [-0.3, -0.25) is 0 Å². The molecule has 0 aliphatic carbocycles. The highest BCUT2D eigenvalue weighted by atomic mass is 35.5. The van der Waals surface area contributed by atoms with Crippen LogP contribution < -0.4 is 10.6 Å². The van der Waals surface area contributed by atoms with Crippen LogP contribution in [0.1, 0.15) is 12.8 Å². The maximum Gasteiger partial charge on any atom is 0.317 e. The maximum atomic E-state index is 11.9. The molecule has 1 unspecified atom stereocenters. The Morgan fingerprint density at radius 2 is 2.29 bits per heavy atom. The number of nitrogens with zero attached hydrogens (tertiary/aromatic N) is 2. The number of β-amino-alcohol motifs (C(OH)–C–C–N with tert-alkyl or cyclic N) is 1. The van der Waals surface area contributed by atoms with Crippen LogP contribution in [0, 0.1) is 0 Å². The summed E-state index contributed by atoms with van der Waals surface area (Å²) in [4.78, 5) is 17.6. The number of urea groups is 1. The molecule has 0 saturated carbocycles. The zero-order chi connectivity index (χ0) is 15.2. The van der Waals surface area contributed by atoms with E-state index in [4.69, 9.17) is 23.2 Å². The molecule has 21 heavy (non-hydrogen) atoms. The predicted octanol–water partition coefficient (Wildman–Crippen LogP) is 1.97. The van der Waals surface area contributed by atoms with Crippen LogP contribution in [-0.2, 0) is 0 Å². The number of anilines is 1. The predicted molar refractivity (Wildman–Crippen MR) is 83.0 cm³/mol. The van der Waals surface area contributed by atoms with Gasteiger partial charge in [-0.25, -0.2) is 9.78 Å². The summed E-state index contributed by atoms with van der Waals surface area (Å²) in [6, 6.07) is 1.44. The number of hydrogen-bond donors (Lipinski definition) is 3. The first-order chi connectivity index (χ1) is 10.1. The average molecular weight is 333 g/mol. The van der Waals surface area contributed by atoms with Gasteiger partial charge >= 0.3 is 6.03 Å². The summed E-state index contributed by atoms with van der Waals surface area (Å²) in [7, 11) is 0. The van der Waals surface area contributed by atoms with Crippen molar-refractivity contribution in [3.05, 3.63) is 22.3 Å². The molecule has 116 valence electrons. The molecule has 0 bridgehead atoms. The van der Waals surface area contributed by atoms with E-state index in [1.807, 2.05) is 0 Å². The van der Waals surface area contributed by atoms with E-state index in [0.29, 0.717) is 42.0 Å². The molecule has 1 aromatic rings. The fourth-order valence-corrected chi connectivity index (χ4v) is 2.59. The fourth-order valence-electron chi connectivity index (χ4n) is 2.15. The lowest BCUT2D eigenvalue weighted by molar-refractivity contribution is 0.0844. The summed E-state index contributed by atoms with van der Waals surface area (Å²) in [5.74, 6) is 0.531. The summed E-state index contributed by atoms with van der Waals surface area (Å²) in [6.07, 6.45) is 2.67. The number of carbonyl (C=O) groups excluding carboxylic acids is 1. The lowest BCUT2D eigenvalue weighted by atomic mass is 10.1. The Kier molecular flexibility index (Phi) is 5.90. The highest BCUT2D eigenvalue weighted by Crippen LogP contribution is 2.22. The lowest BCUT2D eigenvalue weighted by Gasteiger charge is -2.30. The van der Waals surface area contributed by atoms with Crippen molar-refractivity contribution in [3.8, 4) is 0 Å². The van der Waals surface area contributed by atoms with Crippen molar-refractivity contribution in [3.63, 3.8) is 0 Å². The number of aliphatic hydroxyl groups excluding tert-OH is 1. The van der Waals surface area contributed by atoms with Crippen LogP contribution in [0.2, 0.25) is 10.0 Å². The first kappa shape index (κ1) is 16.1. The molecule has 2 rings (SSSR count).